The van der Waals surface area contributed by atoms with E-state index < -0.39 is 0 Å². The number of carbonyl (C=O) groups is 1. The molecule has 26 heavy (non-hydrogen) atoms. The lowest BCUT2D eigenvalue weighted by Gasteiger charge is -2.35. The minimum Gasteiger partial charge on any atom is -0.497 e. The van der Waals surface area contributed by atoms with Crippen LogP contribution in [-0.2, 0) is 4.79 Å². The van der Waals surface area contributed by atoms with E-state index in [9.17, 15) is 4.79 Å². The van der Waals surface area contributed by atoms with Gasteiger partial charge >= 0.3 is 0 Å². The molecule has 6 heteroatoms. The molecule has 0 spiro atoms. The highest BCUT2D eigenvalue weighted by Gasteiger charge is 2.19. The van der Waals surface area contributed by atoms with Crippen LogP contribution in [0.2, 0.25) is 0 Å². The monoisotopic (exact) mass is 355 g/mol. The predicted octanol–water partition coefficient (Wildman–Crippen LogP) is 2.46. The van der Waals surface area contributed by atoms with Crippen molar-refractivity contribution in [1.29, 1.82) is 0 Å². The fraction of sp³-hybridized carbons (Fsp3) is 0.350. The van der Waals surface area contributed by atoms with Crippen molar-refractivity contribution < 1.29 is 14.3 Å². The highest BCUT2D eigenvalue weighted by atomic mass is 16.5. The van der Waals surface area contributed by atoms with E-state index >= 15 is 0 Å². The number of benzene rings is 2. The molecular weight excluding hydrogens is 330 g/mol. The van der Waals surface area contributed by atoms with Crippen molar-refractivity contribution in [2.24, 2.45) is 0 Å². The van der Waals surface area contributed by atoms with Crippen LogP contribution >= 0.6 is 0 Å². The van der Waals surface area contributed by atoms with Crippen LogP contribution in [0.5, 0.6) is 11.5 Å². The fourth-order valence-electron chi connectivity index (χ4n) is 3.04. The first-order chi connectivity index (χ1) is 12.7. The number of hydrogen-bond acceptors (Lipinski definition) is 5. The average Bonchev–Trinajstić information content (AvgIpc) is 2.69. The van der Waals surface area contributed by atoms with Gasteiger partial charge in [-0.15, -0.1) is 0 Å². The number of carbonyl (C=O) groups excluding carboxylic acids is 1. The van der Waals surface area contributed by atoms with Gasteiger partial charge in [0.05, 0.1) is 20.8 Å². The Morgan fingerprint density at radius 3 is 1.96 bits per heavy atom. The molecule has 1 amide bonds. The molecule has 1 aliphatic heterocycles. The van der Waals surface area contributed by atoms with Gasteiger partial charge in [-0.1, -0.05) is 0 Å². The van der Waals surface area contributed by atoms with Crippen LogP contribution in [-0.4, -0.2) is 57.8 Å². The Morgan fingerprint density at radius 1 is 0.885 bits per heavy atom. The maximum absolute atomic E-state index is 12.2. The topological polar surface area (TPSA) is 54.0 Å². The molecule has 1 aliphatic rings. The lowest BCUT2D eigenvalue weighted by Crippen LogP contribution is -2.48. The van der Waals surface area contributed by atoms with Gasteiger partial charge in [0.25, 0.3) is 0 Å². The predicted molar refractivity (Wildman–Crippen MR) is 103 cm³/mol. The number of methoxy groups -OCH3 is 2. The number of piperazine rings is 1. The van der Waals surface area contributed by atoms with Gasteiger partial charge in [-0.05, 0) is 48.5 Å². The zero-order valence-electron chi connectivity index (χ0n) is 15.3. The van der Waals surface area contributed by atoms with E-state index in [1.165, 1.54) is 5.69 Å². The van der Waals surface area contributed by atoms with Crippen LogP contribution in [0.25, 0.3) is 0 Å². The standard InChI is InChI=1S/C20H25N3O3/c1-25-18-7-3-16(4-8-18)21-20(24)15-22-11-13-23(14-12-22)17-5-9-19(26-2)10-6-17/h3-10H,11-15H2,1-2H3,(H,21,24). The molecule has 0 unspecified atom stereocenters. The van der Waals surface area contributed by atoms with Crippen molar-refractivity contribution in [3.05, 3.63) is 48.5 Å². The number of nitrogens with one attached hydrogen (secondary N) is 1. The van der Waals surface area contributed by atoms with E-state index in [-0.39, 0.29) is 5.91 Å². The summed E-state index contributed by atoms with van der Waals surface area (Å²) in [5.74, 6) is 1.65. The van der Waals surface area contributed by atoms with Gasteiger partial charge < -0.3 is 19.7 Å². The van der Waals surface area contributed by atoms with Crippen LogP contribution < -0.4 is 19.7 Å². The third-order valence-electron chi connectivity index (χ3n) is 4.55. The highest BCUT2D eigenvalue weighted by molar-refractivity contribution is 5.92. The Morgan fingerprint density at radius 2 is 1.42 bits per heavy atom. The highest BCUT2D eigenvalue weighted by Crippen LogP contribution is 2.20. The van der Waals surface area contributed by atoms with Crippen LogP contribution in [0.4, 0.5) is 11.4 Å². The summed E-state index contributed by atoms with van der Waals surface area (Å²) in [6.07, 6.45) is 0. The van der Waals surface area contributed by atoms with E-state index in [4.69, 9.17) is 9.47 Å². The second-order valence-electron chi connectivity index (χ2n) is 6.24. The van der Waals surface area contributed by atoms with E-state index in [1.54, 1.807) is 14.2 Å². The van der Waals surface area contributed by atoms with Crippen molar-refractivity contribution in [3.63, 3.8) is 0 Å². The number of ether oxygens (including phenoxy) is 2. The number of rotatable bonds is 6. The third-order valence-corrected chi connectivity index (χ3v) is 4.55. The molecule has 138 valence electrons. The Hall–Kier alpha value is -2.73. The molecule has 2 aromatic carbocycles. The van der Waals surface area contributed by atoms with Crippen molar-refractivity contribution in [2.45, 2.75) is 0 Å². The molecule has 0 radical (unpaired) electrons. The molecule has 1 N–H and O–H groups in total. The summed E-state index contributed by atoms with van der Waals surface area (Å²) in [6, 6.07) is 15.5. The molecule has 1 heterocycles. The molecule has 0 atom stereocenters. The Labute approximate surface area is 154 Å². The lowest BCUT2D eigenvalue weighted by atomic mass is 10.2. The van der Waals surface area contributed by atoms with Gasteiger partial charge in [-0.2, -0.15) is 0 Å². The summed E-state index contributed by atoms with van der Waals surface area (Å²) < 4.78 is 10.3. The SMILES string of the molecule is COc1ccc(NC(=O)CN2CCN(c3ccc(OC)cc3)CC2)cc1. The fourth-order valence-corrected chi connectivity index (χ4v) is 3.04. The number of amides is 1. The summed E-state index contributed by atoms with van der Waals surface area (Å²) in [5.41, 5.74) is 1.97. The van der Waals surface area contributed by atoms with Gasteiger partial charge in [0.2, 0.25) is 5.91 Å². The molecule has 6 nitrogen and oxygen atoms in total. The van der Waals surface area contributed by atoms with Gasteiger partial charge in [-0.25, -0.2) is 0 Å². The van der Waals surface area contributed by atoms with E-state index in [0.29, 0.717) is 6.54 Å². The van der Waals surface area contributed by atoms with Crippen molar-refractivity contribution in [3.8, 4) is 11.5 Å². The molecule has 0 saturated carbocycles. The Bertz CT molecular complexity index is 708. The van der Waals surface area contributed by atoms with Crippen LogP contribution in [0.15, 0.2) is 48.5 Å². The minimum atomic E-state index is 0.00747. The van der Waals surface area contributed by atoms with Crippen molar-refractivity contribution in [2.75, 3.05) is 57.2 Å². The molecule has 1 fully saturated rings. The Balaban J connectivity index is 1.46. The van der Waals surface area contributed by atoms with Gasteiger partial charge in [0, 0.05) is 37.6 Å². The Kier molecular flexibility index (Phi) is 5.96. The molecule has 3 rings (SSSR count). The minimum absolute atomic E-state index is 0.00747. The third kappa shape index (κ3) is 4.67. The van der Waals surface area contributed by atoms with Crippen LogP contribution in [0, 0.1) is 0 Å². The van der Waals surface area contributed by atoms with Gasteiger partial charge in [0.15, 0.2) is 0 Å². The van der Waals surface area contributed by atoms with Crippen molar-refractivity contribution in [1.82, 2.24) is 4.90 Å². The lowest BCUT2D eigenvalue weighted by molar-refractivity contribution is -0.117. The van der Waals surface area contributed by atoms with E-state index in [1.807, 2.05) is 36.4 Å². The summed E-state index contributed by atoms with van der Waals surface area (Å²) in [4.78, 5) is 16.8. The molecule has 2 aromatic rings. The first-order valence-corrected chi connectivity index (χ1v) is 8.73. The van der Waals surface area contributed by atoms with Crippen LogP contribution in [0.1, 0.15) is 0 Å². The molecule has 0 aromatic heterocycles. The smallest absolute Gasteiger partial charge is 0.238 e. The first kappa shape index (κ1) is 18.1. The summed E-state index contributed by atoms with van der Waals surface area (Å²) in [6.45, 7) is 3.94. The molecule has 0 aliphatic carbocycles. The van der Waals surface area contributed by atoms with Gasteiger partial charge in [0.1, 0.15) is 11.5 Å². The first-order valence-electron chi connectivity index (χ1n) is 8.73. The maximum atomic E-state index is 12.2. The quantitative estimate of drug-likeness (QED) is 0.863. The van der Waals surface area contributed by atoms with Crippen molar-refractivity contribution >= 4 is 17.3 Å². The molecule has 0 bridgehead atoms. The summed E-state index contributed by atoms with van der Waals surface area (Å²) >= 11 is 0. The zero-order valence-corrected chi connectivity index (χ0v) is 15.3. The van der Waals surface area contributed by atoms with E-state index in [0.717, 1.165) is 43.4 Å². The molecular formula is C20H25N3O3. The molecule has 1 saturated heterocycles. The van der Waals surface area contributed by atoms with Gasteiger partial charge in [-0.3, -0.25) is 9.69 Å². The second-order valence-corrected chi connectivity index (χ2v) is 6.24. The normalized spacial score (nSPS) is 14.8. The van der Waals surface area contributed by atoms with E-state index in [2.05, 4.69) is 27.2 Å². The largest absolute Gasteiger partial charge is 0.497 e. The average molecular weight is 355 g/mol. The summed E-state index contributed by atoms with van der Waals surface area (Å²) in [7, 11) is 3.30. The number of hydrogen-bond donors (Lipinski definition) is 1. The van der Waals surface area contributed by atoms with Crippen LogP contribution in [0.3, 0.4) is 0 Å². The maximum Gasteiger partial charge on any atom is 0.238 e. The zero-order chi connectivity index (χ0) is 18.4. The number of nitrogens with zero attached hydrogens (tertiary/aromatic N) is 2. The second kappa shape index (κ2) is 8.58. The summed E-state index contributed by atoms with van der Waals surface area (Å²) in [5, 5.41) is 2.93. The number of anilines is 2.